The van der Waals surface area contributed by atoms with Crippen molar-refractivity contribution in [3.63, 3.8) is 0 Å². The molecule has 0 unspecified atom stereocenters. The standard InChI is InChI=1S/C13H21NS/c1-3-4-12-5-7-13(8-6-12)9-10-14(2)11-15/h5-8,15H,3-4,9-11H2,1-2H3. The lowest BCUT2D eigenvalue weighted by Crippen LogP contribution is -2.19. The van der Waals surface area contributed by atoms with Crippen LogP contribution < -0.4 is 0 Å². The zero-order valence-corrected chi connectivity index (χ0v) is 10.6. The molecule has 0 atom stereocenters. The molecule has 0 aliphatic carbocycles. The average Bonchev–Trinajstić information content (AvgIpc) is 2.28. The van der Waals surface area contributed by atoms with E-state index in [0.29, 0.717) is 0 Å². The Morgan fingerprint density at radius 2 is 1.60 bits per heavy atom. The molecule has 0 saturated heterocycles. The Bertz CT molecular complexity index is 268. The number of thiol groups is 1. The van der Waals surface area contributed by atoms with Crippen LogP contribution in [0.4, 0.5) is 0 Å². The fraction of sp³-hybridized carbons (Fsp3) is 0.538. The smallest absolute Gasteiger partial charge is 0.0411 e. The summed E-state index contributed by atoms with van der Waals surface area (Å²) < 4.78 is 0. The molecule has 0 amide bonds. The van der Waals surface area contributed by atoms with Gasteiger partial charge in [-0.3, -0.25) is 4.90 Å². The maximum atomic E-state index is 4.23. The van der Waals surface area contributed by atoms with Gasteiger partial charge in [0.1, 0.15) is 0 Å². The summed E-state index contributed by atoms with van der Waals surface area (Å²) in [7, 11) is 2.10. The summed E-state index contributed by atoms with van der Waals surface area (Å²) in [5, 5.41) is 0. The van der Waals surface area contributed by atoms with Crippen LogP contribution in [0.15, 0.2) is 24.3 Å². The molecule has 1 rings (SSSR count). The Morgan fingerprint density at radius 1 is 1.07 bits per heavy atom. The third-order valence-corrected chi connectivity index (χ3v) is 3.07. The Kier molecular flexibility index (Phi) is 5.81. The quantitative estimate of drug-likeness (QED) is 0.573. The molecule has 0 radical (unpaired) electrons. The predicted molar refractivity (Wildman–Crippen MR) is 70.6 cm³/mol. The first-order valence-electron chi connectivity index (χ1n) is 5.63. The molecule has 84 valence electrons. The van der Waals surface area contributed by atoms with Gasteiger partial charge in [0.05, 0.1) is 0 Å². The van der Waals surface area contributed by atoms with Crippen molar-refractivity contribution in [2.75, 3.05) is 19.5 Å². The summed E-state index contributed by atoms with van der Waals surface area (Å²) in [5.74, 6) is 0.827. The third-order valence-electron chi connectivity index (χ3n) is 2.59. The molecular weight excluding hydrogens is 202 g/mol. The second-order valence-corrected chi connectivity index (χ2v) is 4.32. The number of likely N-dealkylation sites (N-methyl/N-ethyl adjacent to an activating group) is 1. The minimum atomic E-state index is 0.827. The van der Waals surface area contributed by atoms with Crippen LogP contribution in [-0.2, 0) is 12.8 Å². The topological polar surface area (TPSA) is 3.24 Å². The number of rotatable bonds is 6. The van der Waals surface area contributed by atoms with E-state index in [1.165, 1.54) is 24.0 Å². The van der Waals surface area contributed by atoms with Crippen molar-refractivity contribution in [3.8, 4) is 0 Å². The minimum Gasteiger partial charge on any atom is -0.297 e. The Labute approximate surface area is 98.9 Å². The lowest BCUT2D eigenvalue weighted by atomic mass is 10.1. The number of hydrogen-bond acceptors (Lipinski definition) is 2. The van der Waals surface area contributed by atoms with E-state index >= 15 is 0 Å². The van der Waals surface area contributed by atoms with E-state index in [0.717, 1.165) is 18.8 Å². The summed E-state index contributed by atoms with van der Waals surface area (Å²) >= 11 is 4.23. The third kappa shape index (κ3) is 4.72. The molecule has 0 bridgehead atoms. The van der Waals surface area contributed by atoms with Gasteiger partial charge in [0.15, 0.2) is 0 Å². The Hall–Kier alpha value is -0.470. The van der Waals surface area contributed by atoms with E-state index in [-0.39, 0.29) is 0 Å². The largest absolute Gasteiger partial charge is 0.297 e. The molecule has 0 aromatic heterocycles. The lowest BCUT2D eigenvalue weighted by molar-refractivity contribution is 0.399. The van der Waals surface area contributed by atoms with Gasteiger partial charge in [0.2, 0.25) is 0 Å². The average molecular weight is 223 g/mol. The van der Waals surface area contributed by atoms with Gasteiger partial charge >= 0.3 is 0 Å². The number of benzene rings is 1. The van der Waals surface area contributed by atoms with E-state index in [1.807, 2.05) is 0 Å². The molecule has 0 N–H and O–H groups in total. The van der Waals surface area contributed by atoms with Crippen molar-refractivity contribution in [1.29, 1.82) is 0 Å². The van der Waals surface area contributed by atoms with Crippen LogP contribution >= 0.6 is 12.6 Å². The summed E-state index contributed by atoms with van der Waals surface area (Å²) in [6.07, 6.45) is 3.53. The van der Waals surface area contributed by atoms with E-state index in [1.54, 1.807) is 0 Å². The van der Waals surface area contributed by atoms with Crippen molar-refractivity contribution in [2.24, 2.45) is 0 Å². The predicted octanol–water partition coefficient (Wildman–Crippen LogP) is 3.00. The molecule has 1 aromatic rings. The zero-order valence-electron chi connectivity index (χ0n) is 9.74. The Balaban J connectivity index is 2.42. The second kappa shape index (κ2) is 6.91. The first-order chi connectivity index (χ1) is 7.26. The van der Waals surface area contributed by atoms with E-state index < -0.39 is 0 Å². The molecule has 0 aliphatic rings. The molecular formula is C13H21NS. The van der Waals surface area contributed by atoms with Crippen molar-refractivity contribution >= 4 is 12.6 Å². The zero-order chi connectivity index (χ0) is 11.1. The SMILES string of the molecule is CCCc1ccc(CCN(C)CS)cc1. The minimum absolute atomic E-state index is 0.827. The number of nitrogens with zero attached hydrogens (tertiary/aromatic N) is 1. The van der Waals surface area contributed by atoms with Gasteiger partial charge in [-0.25, -0.2) is 0 Å². The van der Waals surface area contributed by atoms with Crippen molar-refractivity contribution < 1.29 is 0 Å². The maximum absolute atomic E-state index is 4.23. The van der Waals surface area contributed by atoms with Gasteiger partial charge < -0.3 is 0 Å². The first kappa shape index (κ1) is 12.6. The highest BCUT2D eigenvalue weighted by atomic mass is 32.1. The van der Waals surface area contributed by atoms with Crippen molar-refractivity contribution in [2.45, 2.75) is 26.2 Å². The van der Waals surface area contributed by atoms with Crippen LogP contribution in [0.2, 0.25) is 0 Å². The van der Waals surface area contributed by atoms with Gasteiger partial charge in [-0.05, 0) is 31.0 Å². The monoisotopic (exact) mass is 223 g/mol. The molecule has 0 saturated carbocycles. The summed E-state index contributed by atoms with van der Waals surface area (Å²) in [6.45, 7) is 3.30. The highest BCUT2D eigenvalue weighted by Crippen LogP contribution is 2.07. The molecule has 1 aromatic carbocycles. The second-order valence-electron chi connectivity index (χ2n) is 4.04. The summed E-state index contributed by atoms with van der Waals surface area (Å²) in [6, 6.07) is 8.99. The van der Waals surface area contributed by atoms with Crippen LogP contribution in [0.25, 0.3) is 0 Å². The first-order valence-corrected chi connectivity index (χ1v) is 6.26. The van der Waals surface area contributed by atoms with E-state index in [2.05, 4.69) is 55.8 Å². The molecule has 0 aliphatic heterocycles. The highest BCUT2D eigenvalue weighted by molar-refractivity contribution is 7.80. The number of aryl methyl sites for hydroxylation is 1. The van der Waals surface area contributed by atoms with E-state index in [9.17, 15) is 0 Å². The normalized spacial score (nSPS) is 10.9. The molecule has 2 heteroatoms. The Morgan fingerprint density at radius 3 is 2.07 bits per heavy atom. The van der Waals surface area contributed by atoms with Gasteiger partial charge in [-0.1, -0.05) is 37.6 Å². The van der Waals surface area contributed by atoms with Gasteiger partial charge in [0, 0.05) is 12.4 Å². The van der Waals surface area contributed by atoms with Crippen LogP contribution in [0.5, 0.6) is 0 Å². The highest BCUT2D eigenvalue weighted by Gasteiger charge is 1.97. The maximum Gasteiger partial charge on any atom is 0.0411 e. The lowest BCUT2D eigenvalue weighted by Gasteiger charge is -2.12. The van der Waals surface area contributed by atoms with E-state index in [4.69, 9.17) is 0 Å². The summed E-state index contributed by atoms with van der Waals surface area (Å²) in [4.78, 5) is 2.21. The van der Waals surface area contributed by atoms with Crippen LogP contribution in [0.1, 0.15) is 24.5 Å². The molecule has 0 heterocycles. The number of hydrogen-bond donors (Lipinski definition) is 1. The van der Waals surface area contributed by atoms with Gasteiger partial charge in [-0.2, -0.15) is 12.6 Å². The fourth-order valence-corrected chi connectivity index (χ4v) is 1.69. The summed E-state index contributed by atoms with van der Waals surface area (Å²) in [5.41, 5.74) is 2.87. The molecule has 1 nitrogen and oxygen atoms in total. The van der Waals surface area contributed by atoms with Crippen molar-refractivity contribution in [3.05, 3.63) is 35.4 Å². The molecule has 0 spiro atoms. The van der Waals surface area contributed by atoms with Crippen LogP contribution in [-0.4, -0.2) is 24.4 Å². The van der Waals surface area contributed by atoms with Crippen molar-refractivity contribution in [1.82, 2.24) is 4.90 Å². The van der Waals surface area contributed by atoms with Gasteiger partial charge in [-0.15, -0.1) is 0 Å². The van der Waals surface area contributed by atoms with Crippen LogP contribution in [0.3, 0.4) is 0 Å². The fourth-order valence-electron chi connectivity index (χ4n) is 1.55. The molecule has 15 heavy (non-hydrogen) atoms. The van der Waals surface area contributed by atoms with Crippen LogP contribution in [0, 0.1) is 0 Å². The molecule has 0 fully saturated rings. The van der Waals surface area contributed by atoms with Gasteiger partial charge in [0.25, 0.3) is 0 Å².